The van der Waals surface area contributed by atoms with Gasteiger partial charge in [0, 0.05) is 19.4 Å². The summed E-state index contributed by atoms with van der Waals surface area (Å²) in [6, 6.07) is 3.70. The van der Waals surface area contributed by atoms with Crippen molar-refractivity contribution in [3.63, 3.8) is 0 Å². The van der Waals surface area contributed by atoms with Crippen molar-refractivity contribution in [2.45, 2.75) is 69.1 Å². The van der Waals surface area contributed by atoms with Crippen LogP contribution in [0, 0.1) is 0 Å². The molecule has 0 aromatic heterocycles. The molecule has 0 fully saturated rings. The average Bonchev–Trinajstić information content (AvgIpc) is 2.90. The monoisotopic (exact) mass is 578 g/mol. The van der Waals surface area contributed by atoms with Gasteiger partial charge in [-0.1, -0.05) is 30.3 Å². The first-order chi connectivity index (χ1) is 19.3. The molecule has 1 aromatic carbocycles. The normalized spacial score (nSPS) is 13.5. The molecule has 0 saturated heterocycles. The molecule has 0 radical (unpaired) electrons. The van der Waals surface area contributed by atoms with Crippen LogP contribution in [0.1, 0.15) is 44.1 Å². The SMILES string of the molecule is NC(=O)CCC(NC(=O)C(CCC(=O)O)NC(=O)C(CCCN=C(N)N)NC(=O)C(N)Cc1ccccc1)C(=O)O. The number of carbonyl (C=O) groups excluding carboxylic acids is 4. The second-order valence-corrected chi connectivity index (χ2v) is 9.20. The van der Waals surface area contributed by atoms with E-state index < -0.39 is 72.6 Å². The van der Waals surface area contributed by atoms with Crippen LogP contribution in [0.2, 0.25) is 0 Å². The second kappa shape index (κ2) is 17.8. The van der Waals surface area contributed by atoms with Crippen molar-refractivity contribution in [2.24, 2.45) is 27.9 Å². The topological polar surface area (TPSA) is 295 Å². The Labute approximate surface area is 236 Å². The Kier molecular flexibility index (Phi) is 14.9. The lowest BCUT2D eigenvalue weighted by Crippen LogP contribution is -2.57. The van der Waals surface area contributed by atoms with Crippen molar-refractivity contribution in [1.82, 2.24) is 16.0 Å². The van der Waals surface area contributed by atoms with E-state index in [1.54, 1.807) is 30.3 Å². The Morgan fingerprint density at radius 1 is 0.756 bits per heavy atom. The molecule has 13 N–H and O–H groups in total. The Morgan fingerprint density at radius 3 is 1.83 bits per heavy atom. The number of benzene rings is 1. The molecule has 0 spiro atoms. The van der Waals surface area contributed by atoms with Gasteiger partial charge in [-0.25, -0.2) is 4.79 Å². The Morgan fingerprint density at radius 2 is 1.29 bits per heavy atom. The van der Waals surface area contributed by atoms with Crippen LogP contribution in [0.5, 0.6) is 0 Å². The quantitative estimate of drug-likeness (QED) is 0.0461. The maximum absolute atomic E-state index is 13.2. The molecule has 16 nitrogen and oxygen atoms in total. The van der Waals surface area contributed by atoms with Gasteiger partial charge in [0.2, 0.25) is 23.6 Å². The number of carbonyl (C=O) groups is 6. The number of nitrogens with two attached hydrogens (primary N) is 4. The number of rotatable bonds is 19. The highest BCUT2D eigenvalue weighted by Gasteiger charge is 2.30. The van der Waals surface area contributed by atoms with Gasteiger partial charge < -0.3 is 49.1 Å². The smallest absolute Gasteiger partial charge is 0.326 e. The summed E-state index contributed by atoms with van der Waals surface area (Å²) in [7, 11) is 0. The van der Waals surface area contributed by atoms with Gasteiger partial charge in [-0.05, 0) is 37.7 Å². The standard InChI is InChI=1S/C25H38N8O8/c26-15(13-14-5-2-1-3-6-14)21(37)31-16(7-4-12-30-25(28)29)22(38)32-17(9-11-20(35)36)23(39)33-18(24(40)41)8-10-19(27)34/h1-3,5-6,15-18H,4,7-13,26H2,(H2,27,34)(H,31,37)(H,32,38)(H,33,39)(H,35,36)(H,40,41)(H4,28,29,30). The highest BCUT2D eigenvalue weighted by atomic mass is 16.4. The van der Waals surface area contributed by atoms with Gasteiger partial charge in [0.1, 0.15) is 18.1 Å². The van der Waals surface area contributed by atoms with E-state index >= 15 is 0 Å². The summed E-state index contributed by atoms with van der Waals surface area (Å²) >= 11 is 0. The van der Waals surface area contributed by atoms with E-state index in [0.29, 0.717) is 0 Å². The lowest BCUT2D eigenvalue weighted by Gasteiger charge is -2.25. The minimum atomic E-state index is -1.52. The summed E-state index contributed by atoms with van der Waals surface area (Å²) < 4.78 is 0. The van der Waals surface area contributed by atoms with Crippen LogP contribution < -0.4 is 38.9 Å². The third kappa shape index (κ3) is 14.3. The molecular formula is C25H38N8O8. The average molecular weight is 579 g/mol. The van der Waals surface area contributed by atoms with Crippen molar-refractivity contribution in [1.29, 1.82) is 0 Å². The molecule has 41 heavy (non-hydrogen) atoms. The van der Waals surface area contributed by atoms with E-state index in [9.17, 15) is 33.9 Å². The van der Waals surface area contributed by atoms with Crippen LogP contribution in [-0.2, 0) is 35.2 Å². The molecule has 1 rings (SSSR count). The van der Waals surface area contributed by atoms with Gasteiger partial charge in [-0.15, -0.1) is 0 Å². The summed E-state index contributed by atoms with van der Waals surface area (Å²) in [6.45, 7) is 0.126. The van der Waals surface area contributed by atoms with E-state index in [1.807, 2.05) is 0 Å². The molecule has 0 aliphatic rings. The molecule has 0 heterocycles. The molecule has 0 saturated carbocycles. The number of amides is 4. The minimum absolute atomic E-state index is 0.0239. The largest absolute Gasteiger partial charge is 0.481 e. The number of aliphatic carboxylic acids is 2. The zero-order chi connectivity index (χ0) is 30.9. The number of nitrogens with zero attached hydrogens (tertiary/aromatic N) is 1. The fourth-order valence-electron chi connectivity index (χ4n) is 3.64. The Bertz CT molecular complexity index is 1090. The molecule has 4 unspecified atom stereocenters. The first-order valence-electron chi connectivity index (χ1n) is 12.8. The maximum Gasteiger partial charge on any atom is 0.326 e. The van der Waals surface area contributed by atoms with Crippen LogP contribution in [0.3, 0.4) is 0 Å². The number of guanidine groups is 1. The van der Waals surface area contributed by atoms with Crippen molar-refractivity contribution >= 4 is 41.5 Å². The van der Waals surface area contributed by atoms with Gasteiger partial charge in [0.15, 0.2) is 5.96 Å². The lowest BCUT2D eigenvalue weighted by molar-refractivity contribution is -0.143. The summed E-state index contributed by atoms with van der Waals surface area (Å²) in [5.74, 6) is -6.18. The molecule has 226 valence electrons. The molecule has 1 aromatic rings. The fraction of sp³-hybridized carbons (Fsp3) is 0.480. The van der Waals surface area contributed by atoms with Gasteiger partial charge >= 0.3 is 11.9 Å². The number of aliphatic imine (C=N–C) groups is 1. The summed E-state index contributed by atoms with van der Waals surface area (Å²) in [5.41, 5.74) is 22.5. The predicted molar refractivity (Wildman–Crippen MR) is 147 cm³/mol. The number of carboxylic acids is 2. The minimum Gasteiger partial charge on any atom is -0.481 e. The van der Waals surface area contributed by atoms with Crippen LogP contribution in [0.4, 0.5) is 0 Å². The molecule has 0 bridgehead atoms. The summed E-state index contributed by atoms with van der Waals surface area (Å²) in [4.78, 5) is 76.5. The molecule has 0 aliphatic carbocycles. The van der Waals surface area contributed by atoms with E-state index in [-0.39, 0.29) is 44.6 Å². The van der Waals surface area contributed by atoms with E-state index in [2.05, 4.69) is 20.9 Å². The number of nitrogens with one attached hydrogen (secondary N) is 3. The number of hydrogen-bond donors (Lipinski definition) is 9. The summed E-state index contributed by atoms with van der Waals surface area (Å²) in [6.07, 6.45) is -1.14. The maximum atomic E-state index is 13.2. The molecule has 16 heteroatoms. The van der Waals surface area contributed by atoms with Gasteiger partial charge in [0.05, 0.1) is 6.04 Å². The van der Waals surface area contributed by atoms with Gasteiger partial charge in [0.25, 0.3) is 0 Å². The Balaban J connectivity index is 3.06. The molecule has 4 amide bonds. The van der Waals surface area contributed by atoms with E-state index in [0.717, 1.165) is 5.56 Å². The second-order valence-electron chi connectivity index (χ2n) is 9.20. The van der Waals surface area contributed by atoms with E-state index in [1.165, 1.54) is 0 Å². The van der Waals surface area contributed by atoms with Crippen LogP contribution in [0.15, 0.2) is 35.3 Å². The fourth-order valence-corrected chi connectivity index (χ4v) is 3.64. The zero-order valence-electron chi connectivity index (χ0n) is 22.5. The number of hydrogen-bond acceptors (Lipinski definition) is 8. The number of carboxylic acid groups (broad SMARTS) is 2. The van der Waals surface area contributed by atoms with Gasteiger partial charge in [-0.2, -0.15) is 0 Å². The van der Waals surface area contributed by atoms with Crippen molar-refractivity contribution in [3.8, 4) is 0 Å². The number of primary amides is 1. The Hall–Kier alpha value is -4.73. The van der Waals surface area contributed by atoms with Crippen LogP contribution >= 0.6 is 0 Å². The van der Waals surface area contributed by atoms with E-state index in [4.69, 9.17) is 28.0 Å². The zero-order valence-corrected chi connectivity index (χ0v) is 22.5. The first kappa shape index (κ1) is 34.3. The van der Waals surface area contributed by atoms with Gasteiger partial charge in [-0.3, -0.25) is 29.0 Å². The van der Waals surface area contributed by atoms with Crippen LogP contribution in [0.25, 0.3) is 0 Å². The van der Waals surface area contributed by atoms with Crippen LogP contribution in [-0.4, -0.2) is 82.5 Å². The third-order valence-corrected chi connectivity index (χ3v) is 5.79. The molecular weight excluding hydrogens is 540 g/mol. The lowest BCUT2D eigenvalue weighted by atomic mass is 10.0. The first-order valence-corrected chi connectivity index (χ1v) is 12.8. The predicted octanol–water partition coefficient (Wildman–Crippen LogP) is -2.72. The molecule has 4 atom stereocenters. The molecule has 0 aliphatic heterocycles. The highest BCUT2D eigenvalue weighted by molar-refractivity contribution is 5.94. The van der Waals surface area contributed by atoms with Crippen molar-refractivity contribution in [3.05, 3.63) is 35.9 Å². The van der Waals surface area contributed by atoms with Crippen molar-refractivity contribution < 1.29 is 39.0 Å². The summed E-state index contributed by atoms with van der Waals surface area (Å²) in [5, 5.41) is 25.6. The van der Waals surface area contributed by atoms with Crippen molar-refractivity contribution in [2.75, 3.05) is 6.54 Å². The highest BCUT2D eigenvalue weighted by Crippen LogP contribution is 2.07. The third-order valence-electron chi connectivity index (χ3n) is 5.79.